The molecule has 110 valence electrons. The molecule has 3 rings (SSSR count). The van der Waals surface area contributed by atoms with E-state index < -0.39 is 5.82 Å². The van der Waals surface area contributed by atoms with Crippen molar-refractivity contribution >= 4 is 5.95 Å². The first-order chi connectivity index (χ1) is 9.81. The molecule has 20 heavy (non-hydrogen) atoms. The summed E-state index contributed by atoms with van der Waals surface area (Å²) in [5, 5.41) is 3.35. The van der Waals surface area contributed by atoms with Crippen LogP contribution in [0.2, 0.25) is 0 Å². The average molecular weight is 280 g/mol. The van der Waals surface area contributed by atoms with Gasteiger partial charge in [-0.3, -0.25) is 0 Å². The predicted octanol–water partition coefficient (Wildman–Crippen LogP) is 1.35. The second-order valence-corrected chi connectivity index (χ2v) is 5.47. The minimum Gasteiger partial charge on any atom is -0.375 e. The molecule has 2 aliphatic heterocycles. The average Bonchev–Trinajstić information content (AvgIpc) is 2.50. The van der Waals surface area contributed by atoms with E-state index in [0.29, 0.717) is 18.2 Å². The maximum atomic E-state index is 12.8. The van der Waals surface area contributed by atoms with Crippen molar-refractivity contribution in [1.29, 1.82) is 0 Å². The fourth-order valence-electron chi connectivity index (χ4n) is 2.86. The lowest BCUT2D eigenvalue weighted by atomic mass is 10.1. The van der Waals surface area contributed by atoms with Crippen molar-refractivity contribution in [3.05, 3.63) is 18.2 Å². The highest BCUT2D eigenvalue weighted by Crippen LogP contribution is 2.21. The predicted molar refractivity (Wildman–Crippen MR) is 74.2 cm³/mol. The number of hydrogen-bond donors (Lipinski definition) is 1. The van der Waals surface area contributed by atoms with Crippen LogP contribution in [-0.2, 0) is 4.74 Å². The van der Waals surface area contributed by atoms with E-state index in [1.54, 1.807) is 0 Å². The van der Waals surface area contributed by atoms with Crippen molar-refractivity contribution in [2.45, 2.75) is 37.9 Å². The Balaban J connectivity index is 1.47. The van der Waals surface area contributed by atoms with Gasteiger partial charge < -0.3 is 15.0 Å². The molecule has 0 unspecified atom stereocenters. The van der Waals surface area contributed by atoms with Gasteiger partial charge in [0.25, 0.3) is 0 Å². The Labute approximate surface area is 118 Å². The minimum absolute atomic E-state index is 0.342. The third kappa shape index (κ3) is 3.43. The highest BCUT2D eigenvalue weighted by atomic mass is 19.1. The number of nitrogens with one attached hydrogen (secondary N) is 1. The first-order valence-corrected chi connectivity index (χ1v) is 7.40. The lowest BCUT2D eigenvalue weighted by Gasteiger charge is -2.35. The van der Waals surface area contributed by atoms with Gasteiger partial charge in [-0.1, -0.05) is 0 Å². The zero-order chi connectivity index (χ0) is 13.8. The summed E-state index contributed by atoms with van der Waals surface area (Å²) in [6, 6.07) is 0. The smallest absolute Gasteiger partial charge is 0.225 e. The summed E-state index contributed by atoms with van der Waals surface area (Å²) in [7, 11) is 0. The van der Waals surface area contributed by atoms with Crippen LogP contribution in [0.25, 0.3) is 0 Å². The maximum absolute atomic E-state index is 12.8. The molecule has 2 aliphatic rings. The number of halogens is 1. The summed E-state index contributed by atoms with van der Waals surface area (Å²) in [6.45, 7) is 3.88. The van der Waals surface area contributed by atoms with Crippen molar-refractivity contribution in [2.24, 2.45) is 0 Å². The first-order valence-electron chi connectivity index (χ1n) is 7.40. The molecule has 0 atom stereocenters. The molecular weight excluding hydrogens is 259 g/mol. The van der Waals surface area contributed by atoms with E-state index in [0.717, 1.165) is 51.9 Å². The molecular formula is C14H21FN4O. The Morgan fingerprint density at radius 3 is 2.30 bits per heavy atom. The number of ether oxygens (including phenoxy) is 1. The maximum Gasteiger partial charge on any atom is 0.225 e. The summed E-state index contributed by atoms with van der Waals surface area (Å²) in [4.78, 5) is 10.2. The zero-order valence-corrected chi connectivity index (χ0v) is 11.6. The fraction of sp³-hybridized carbons (Fsp3) is 0.714. The Kier molecular flexibility index (Phi) is 4.42. The van der Waals surface area contributed by atoms with Crippen LogP contribution in [0.4, 0.5) is 10.3 Å². The van der Waals surface area contributed by atoms with Crippen LogP contribution in [0.3, 0.4) is 0 Å². The van der Waals surface area contributed by atoms with E-state index in [1.807, 2.05) is 0 Å². The van der Waals surface area contributed by atoms with Gasteiger partial charge in [0.1, 0.15) is 0 Å². The number of anilines is 1. The van der Waals surface area contributed by atoms with Gasteiger partial charge in [-0.05, 0) is 38.8 Å². The normalized spacial score (nSPS) is 22.1. The Hall–Kier alpha value is -1.27. The monoisotopic (exact) mass is 280 g/mol. The van der Waals surface area contributed by atoms with Gasteiger partial charge in [0.15, 0.2) is 5.82 Å². The Morgan fingerprint density at radius 1 is 1.05 bits per heavy atom. The molecule has 5 nitrogen and oxygen atoms in total. The number of aromatic nitrogens is 2. The highest BCUT2D eigenvalue weighted by molar-refractivity contribution is 5.29. The Bertz CT molecular complexity index is 414. The molecule has 1 aromatic rings. The third-order valence-corrected chi connectivity index (χ3v) is 4.00. The van der Waals surface area contributed by atoms with Gasteiger partial charge in [0.05, 0.1) is 24.6 Å². The molecule has 1 N–H and O–H groups in total. The van der Waals surface area contributed by atoms with Crippen molar-refractivity contribution < 1.29 is 9.13 Å². The first kappa shape index (κ1) is 13.7. The number of rotatable bonds is 3. The van der Waals surface area contributed by atoms with Crippen molar-refractivity contribution in [3.8, 4) is 0 Å². The standard InChI is InChI=1S/C14H21FN4O/c15-11-9-17-14(18-10-11)19-7-3-13(4-8-19)20-12-1-5-16-6-2-12/h9-10,12-13,16H,1-8H2. The molecule has 0 spiro atoms. The highest BCUT2D eigenvalue weighted by Gasteiger charge is 2.24. The summed E-state index contributed by atoms with van der Waals surface area (Å²) in [5.74, 6) is 0.226. The van der Waals surface area contributed by atoms with E-state index >= 15 is 0 Å². The van der Waals surface area contributed by atoms with Crippen LogP contribution < -0.4 is 10.2 Å². The molecule has 0 radical (unpaired) electrons. The van der Waals surface area contributed by atoms with Gasteiger partial charge in [0.2, 0.25) is 5.95 Å². The fourth-order valence-corrected chi connectivity index (χ4v) is 2.86. The molecule has 2 saturated heterocycles. The number of piperidine rings is 2. The summed E-state index contributed by atoms with van der Waals surface area (Å²) >= 11 is 0. The van der Waals surface area contributed by atoms with Gasteiger partial charge in [-0.2, -0.15) is 0 Å². The molecule has 1 aromatic heterocycles. The lowest BCUT2D eigenvalue weighted by Crippen LogP contribution is -2.41. The van der Waals surface area contributed by atoms with E-state index in [9.17, 15) is 4.39 Å². The molecule has 0 amide bonds. The van der Waals surface area contributed by atoms with Gasteiger partial charge in [-0.25, -0.2) is 14.4 Å². The van der Waals surface area contributed by atoms with Crippen LogP contribution in [-0.4, -0.2) is 48.4 Å². The van der Waals surface area contributed by atoms with Gasteiger partial charge in [-0.15, -0.1) is 0 Å². The number of hydrogen-bond acceptors (Lipinski definition) is 5. The van der Waals surface area contributed by atoms with E-state index in [-0.39, 0.29) is 0 Å². The lowest BCUT2D eigenvalue weighted by molar-refractivity contribution is -0.0364. The topological polar surface area (TPSA) is 50.3 Å². The molecule has 0 aromatic carbocycles. The molecule has 3 heterocycles. The van der Waals surface area contributed by atoms with Gasteiger partial charge >= 0.3 is 0 Å². The second kappa shape index (κ2) is 6.45. The molecule has 0 aliphatic carbocycles. The van der Waals surface area contributed by atoms with E-state index in [1.165, 1.54) is 12.4 Å². The van der Waals surface area contributed by atoms with E-state index in [4.69, 9.17) is 4.74 Å². The van der Waals surface area contributed by atoms with Crippen LogP contribution in [0.5, 0.6) is 0 Å². The number of nitrogens with zero attached hydrogens (tertiary/aromatic N) is 3. The second-order valence-electron chi connectivity index (χ2n) is 5.47. The van der Waals surface area contributed by atoms with Crippen molar-refractivity contribution in [3.63, 3.8) is 0 Å². The SMILES string of the molecule is Fc1cnc(N2CCC(OC3CCNCC3)CC2)nc1. The van der Waals surface area contributed by atoms with Crippen LogP contribution in [0, 0.1) is 5.82 Å². The van der Waals surface area contributed by atoms with Crippen molar-refractivity contribution in [2.75, 3.05) is 31.1 Å². The summed E-state index contributed by atoms with van der Waals surface area (Å²) in [5.41, 5.74) is 0. The quantitative estimate of drug-likeness (QED) is 0.906. The molecule has 2 fully saturated rings. The van der Waals surface area contributed by atoms with Crippen LogP contribution in [0.15, 0.2) is 12.4 Å². The van der Waals surface area contributed by atoms with Crippen LogP contribution in [0.1, 0.15) is 25.7 Å². The van der Waals surface area contributed by atoms with Gasteiger partial charge in [0, 0.05) is 13.1 Å². The largest absolute Gasteiger partial charge is 0.375 e. The molecule has 0 bridgehead atoms. The van der Waals surface area contributed by atoms with Crippen LogP contribution >= 0.6 is 0 Å². The Morgan fingerprint density at radius 2 is 1.65 bits per heavy atom. The molecule has 6 heteroatoms. The summed E-state index contributed by atoms with van der Waals surface area (Å²) < 4.78 is 19.0. The molecule has 0 saturated carbocycles. The third-order valence-electron chi connectivity index (χ3n) is 4.00. The van der Waals surface area contributed by atoms with E-state index in [2.05, 4.69) is 20.2 Å². The van der Waals surface area contributed by atoms with Crippen molar-refractivity contribution in [1.82, 2.24) is 15.3 Å². The minimum atomic E-state index is -0.391. The summed E-state index contributed by atoms with van der Waals surface area (Å²) in [6.07, 6.45) is 7.40. The zero-order valence-electron chi connectivity index (χ0n) is 11.6.